The zero-order chi connectivity index (χ0) is 18.5. The molecule has 1 aromatic heterocycles. The first kappa shape index (κ1) is 17.2. The topological polar surface area (TPSA) is 51.0 Å². The van der Waals surface area contributed by atoms with E-state index in [0.717, 1.165) is 25.8 Å². The zero-order valence-corrected chi connectivity index (χ0v) is 15.6. The predicted octanol–water partition coefficient (Wildman–Crippen LogP) is 3.51. The third kappa shape index (κ3) is 3.13. The van der Waals surface area contributed by atoms with Crippen LogP contribution in [0.5, 0.6) is 0 Å². The molecule has 1 aromatic carbocycles. The smallest absolute Gasteiger partial charge is 0.276 e. The SMILES string of the molecule is CC1(C)C[C@@H]2C[C@@](C)(CN2C(=O)c2cn(Cc3ccccc3F)nn2)C1. The fraction of sp³-hybridized carbons (Fsp3) is 0.550. The van der Waals surface area contributed by atoms with Crippen LogP contribution in [0.3, 0.4) is 0 Å². The van der Waals surface area contributed by atoms with Gasteiger partial charge in [-0.2, -0.15) is 0 Å². The Kier molecular flexibility index (Phi) is 3.90. The Balaban J connectivity index is 1.51. The van der Waals surface area contributed by atoms with Crippen LogP contribution in [0.4, 0.5) is 4.39 Å². The van der Waals surface area contributed by atoms with Crippen LogP contribution in [0.25, 0.3) is 0 Å². The lowest BCUT2D eigenvalue weighted by Crippen LogP contribution is -2.37. The van der Waals surface area contributed by atoms with E-state index in [1.54, 1.807) is 24.4 Å². The van der Waals surface area contributed by atoms with Crippen molar-refractivity contribution < 1.29 is 9.18 Å². The van der Waals surface area contributed by atoms with Gasteiger partial charge in [-0.05, 0) is 36.2 Å². The van der Waals surface area contributed by atoms with Crippen LogP contribution < -0.4 is 0 Å². The molecule has 5 nitrogen and oxygen atoms in total. The molecule has 1 aliphatic heterocycles. The Morgan fingerprint density at radius 1 is 1.27 bits per heavy atom. The number of rotatable bonds is 3. The fourth-order valence-electron chi connectivity index (χ4n) is 5.12. The fourth-order valence-corrected chi connectivity index (χ4v) is 5.12. The molecule has 2 atom stereocenters. The highest BCUT2D eigenvalue weighted by molar-refractivity contribution is 5.92. The lowest BCUT2D eigenvalue weighted by atomic mass is 9.65. The van der Waals surface area contributed by atoms with E-state index in [1.165, 1.54) is 10.7 Å². The van der Waals surface area contributed by atoms with Crippen molar-refractivity contribution in [2.45, 2.75) is 52.6 Å². The molecule has 0 spiro atoms. The number of carbonyl (C=O) groups excluding carboxylic acids is 1. The maximum atomic E-state index is 13.8. The third-order valence-electron chi connectivity index (χ3n) is 5.72. The number of fused-ring (bicyclic) bond motifs is 2. The summed E-state index contributed by atoms with van der Waals surface area (Å²) in [5.74, 6) is -0.337. The van der Waals surface area contributed by atoms with Crippen molar-refractivity contribution in [2.24, 2.45) is 10.8 Å². The number of amides is 1. The second-order valence-electron chi connectivity index (χ2n) is 9.04. The molecule has 4 rings (SSSR count). The molecule has 1 saturated heterocycles. The first-order chi connectivity index (χ1) is 12.2. The van der Waals surface area contributed by atoms with E-state index < -0.39 is 0 Å². The Bertz CT molecular complexity index is 846. The van der Waals surface area contributed by atoms with Crippen LogP contribution >= 0.6 is 0 Å². The van der Waals surface area contributed by atoms with E-state index in [1.807, 2.05) is 4.90 Å². The summed E-state index contributed by atoms with van der Waals surface area (Å²) in [7, 11) is 0. The van der Waals surface area contributed by atoms with Crippen LogP contribution in [0.2, 0.25) is 0 Å². The Morgan fingerprint density at radius 3 is 2.81 bits per heavy atom. The van der Waals surface area contributed by atoms with Crippen LogP contribution in [0.1, 0.15) is 56.1 Å². The molecule has 26 heavy (non-hydrogen) atoms. The summed E-state index contributed by atoms with van der Waals surface area (Å²) in [5.41, 5.74) is 1.32. The Morgan fingerprint density at radius 2 is 2.04 bits per heavy atom. The molecule has 2 aliphatic rings. The number of nitrogens with zero attached hydrogens (tertiary/aromatic N) is 4. The number of benzene rings is 1. The summed E-state index contributed by atoms with van der Waals surface area (Å²) in [6.07, 6.45) is 4.86. The quantitative estimate of drug-likeness (QED) is 0.846. The second kappa shape index (κ2) is 5.89. The molecule has 2 aromatic rings. The molecule has 6 heteroatoms. The largest absolute Gasteiger partial charge is 0.334 e. The van der Waals surface area contributed by atoms with Gasteiger partial charge in [0.15, 0.2) is 5.69 Å². The van der Waals surface area contributed by atoms with Gasteiger partial charge < -0.3 is 4.90 Å². The van der Waals surface area contributed by atoms with Gasteiger partial charge in [0.25, 0.3) is 5.91 Å². The van der Waals surface area contributed by atoms with Gasteiger partial charge in [0.1, 0.15) is 5.82 Å². The molecule has 0 unspecified atom stereocenters. The molecule has 1 amide bonds. The summed E-state index contributed by atoms with van der Waals surface area (Å²) in [5, 5.41) is 8.09. The minimum atomic E-state index is -0.278. The minimum Gasteiger partial charge on any atom is -0.334 e. The number of hydrogen-bond acceptors (Lipinski definition) is 3. The van der Waals surface area contributed by atoms with Crippen LogP contribution in [-0.4, -0.2) is 38.4 Å². The van der Waals surface area contributed by atoms with Crippen LogP contribution in [0.15, 0.2) is 30.5 Å². The molecular weight excluding hydrogens is 331 g/mol. The summed E-state index contributed by atoms with van der Waals surface area (Å²) in [4.78, 5) is 15.0. The van der Waals surface area contributed by atoms with Gasteiger partial charge in [-0.1, -0.05) is 44.2 Å². The van der Waals surface area contributed by atoms with Gasteiger partial charge in [-0.15, -0.1) is 5.10 Å². The Hall–Kier alpha value is -2.24. The van der Waals surface area contributed by atoms with Crippen molar-refractivity contribution in [1.29, 1.82) is 0 Å². The molecule has 2 bridgehead atoms. The monoisotopic (exact) mass is 356 g/mol. The molecule has 0 radical (unpaired) electrons. The van der Waals surface area contributed by atoms with Gasteiger partial charge >= 0.3 is 0 Å². The van der Waals surface area contributed by atoms with Crippen LogP contribution in [0, 0.1) is 16.6 Å². The lowest BCUT2D eigenvalue weighted by molar-refractivity contribution is 0.0702. The number of hydrogen-bond donors (Lipinski definition) is 0. The first-order valence-corrected chi connectivity index (χ1v) is 9.19. The van der Waals surface area contributed by atoms with E-state index in [0.29, 0.717) is 11.3 Å². The van der Waals surface area contributed by atoms with Gasteiger partial charge in [0.2, 0.25) is 0 Å². The summed E-state index contributed by atoms with van der Waals surface area (Å²) in [6.45, 7) is 7.90. The van der Waals surface area contributed by atoms with Gasteiger partial charge in [0, 0.05) is 18.2 Å². The summed E-state index contributed by atoms with van der Waals surface area (Å²) < 4.78 is 15.3. The van der Waals surface area contributed by atoms with Gasteiger partial charge in [-0.3, -0.25) is 4.79 Å². The van der Waals surface area contributed by atoms with Crippen molar-refractivity contribution in [3.05, 3.63) is 47.5 Å². The molecule has 2 fully saturated rings. The van der Waals surface area contributed by atoms with Crippen molar-refractivity contribution in [2.75, 3.05) is 6.54 Å². The molecule has 1 saturated carbocycles. The highest BCUT2D eigenvalue weighted by Crippen LogP contribution is 2.52. The minimum absolute atomic E-state index is 0.0591. The number of likely N-dealkylation sites (tertiary alicyclic amines) is 1. The highest BCUT2D eigenvalue weighted by Gasteiger charge is 2.51. The number of carbonyl (C=O) groups is 1. The molecule has 2 heterocycles. The van der Waals surface area contributed by atoms with E-state index in [9.17, 15) is 9.18 Å². The second-order valence-corrected chi connectivity index (χ2v) is 9.04. The molecular formula is C20H25FN4O. The predicted molar refractivity (Wildman–Crippen MR) is 96.1 cm³/mol. The third-order valence-corrected chi connectivity index (χ3v) is 5.72. The first-order valence-electron chi connectivity index (χ1n) is 9.19. The van der Waals surface area contributed by atoms with E-state index in [4.69, 9.17) is 0 Å². The van der Waals surface area contributed by atoms with E-state index in [-0.39, 0.29) is 35.1 Å². The average Bonchev–Trinajstić information content (AvgIpc) is 3.10. The van der Waals surface area contributed by atoms with Gasteiger partial charge in [-0.25, -0.2) is 9.07 Å². The molecule has 0 N–H and O–H groups in total. The van der Waals surface area contributed by atoms with E-state index in [2.05, 4.69) is 31.1 Å². The average molecular weight is 356 g/mol. The zero-order valence-electron chi connectivity index (χ0n) is 15.6. The normalized spacial score (nSPS) is 26.9. The standard InChI is InChI=1S/C20H25FN4O/c1-19(2)8-15-9-20(3,12-19)13-25(15)18(26)17-11-24(23-22-17)10-14-6-4-5-7-16(14)21/h4-7,11,15H,8-10,12-13H2,1-3H3/t15-,20-/m1/s1. The van der Waals surface area contributed by atoms with Crippen molar-refractivity contribution in [1.82, 2.24) is 19.9 Å². The van der Waals surface area contributed by atoms with Crippen molar-refractivity contribution in [3.8, 4) is 0 Å². The van der Waals surface area contributed by atoms with Crippen molar-refractivity contribution >= 4 is 5.91 Å². The number of halogens is 1. The van der Waals surface area contributed by atoms with E-state index >= 15 is 0 Å². The number of aromatic nitrogens is 3. The van der Waals surface area contributed by atoms with Gasteiger partial charge in [0.05, 0.1) is 12.7 Å². The highest BCUT2D eigenvalue weighted by atomic mass is 19.1. The van der Waals surface area contributed by atoms with Crippen LogP contribution in [-0.2, 0) is 6.54 Å². The summed E-state index contributed by atoms with van der Waals surface area (Å²) in [6, 6.07) is 6.85. The Labute approximate surface area is 153 Å². The lowest BCUT2D eigenvalue weighted by Gasteiger charge is -2.39. The summed E-state index contributed by atoms with van der Waals surface area (Å²) >= 11 is 0. The van der Waals surface area contributed by atoms with Crippen molar-refractivity contribution in [3.63, 3.8) is 0 Å². The molecule has 138 valence electrons. The molecule has 1 aliphatic carbocycles. The maximum Gasteiger partial charge on any atom is 0.276 e. The maximum absolute atomic E-state index is 13.8.